The van der Waals surface area contributed by atoms with Crippen LogP contribution in [-0.4, -0.2) is 35.1 Å². The largest absolute Gasteiger partial charge is 0.496 e. The van der Waals surface area contributed by atoms with Crippen LogP contribution in [0.15, 0.2) is 18.2 Å². The van der Waals surface area contributed by atoms with Crippen molar-refractivity contribution in [2.45, 2.75) is 6.61 Å². The number of hydrogen-bond donors (Lipinski definition) is 1. The van der Waals surface area contributed by atoms with Gasteiger partial charge in [0, 0.05) is 19.7 Å². The van der Waals surface area contributed by atoms with Gasteiger partial charge in [0.15, 0.2) is 5.69 Å². The molecule has 1 heterocycles. The Morgan fingerprint density at radius 3 is 2.67 bits per heavy atom. The van der Waals surface area contributed by atoms with Crippen molar-refractivity contribution in [3.8, 4) is 17.0 Å². The van der Waals surface area contributed by atoms with Gasteiger partial charge < -0.3 is 14.6 Å². The zero-order valence-corrected chi connectivity index (χ0v) is 11.9. The monoisotopic (exact) mass is 294 g/mol. The number of ether oxygens (including phenoxy) is 2. The Morgan fingerprint density at radius 1 is 1.43 bits per heavy atom. The summed E-state index contributed by atoms with van der Waals surface area (Å²) in [5.74, 6) is -1.40. The lowest BCUT2D eigenvalue weighted by Gasteiger charge is -2.12. The van der Waals surface area contributed by atoms with Crippen LogP contribution < -0.4 is 4.74 Å². The molecule has 6 nitrogen and oxygen atoms in total. The van der Waals surface area contributed by atoms with Crippen molar-refractivity contribution in [1.82, 2.24) is 9.78 Å². The molecular formula is C14H15FN2O4. The van der Waals surface area contributed by atoms with E-state index in [0.717, 1.165) is 0 Å². The van der Waals surface area contributed by atoms with Crippen molar-refractivity contribution in [3.05, 3.63) is 35.3 Å². The fourth-order valence-corrected chi connectivity index (χ4v) is 2.08. The molecule has 0 bridgehead atoms. The van der Waals surface area contributed by atoms with E-state index in [1.54, 1.807) is 19.2 Å². The normalized spacial score (nSPS) is 10.7. The molecule has 1 aromatic heterocycles. The number of carboxylic acids is 1. The van der Waals surface area contributed by atoms with Crippen molar-refractivity contribution in [2.75, 3.05) is 14.2 Å². The van der Waals surface area contributed by atoms with E-state index >= 15 is 0 Å². The Kier molecular flexibility index (Phi) is 4.23. The van der Waals surface area contributed by atoms with Gasteiger partial charge in [0.25, 0.3) is 0 Å². The molecule has 0 aliphatic carbocycles. The van der Waals surface area contributed by atoms with Gasteiger partial charge in [-0.15, -0.1) is 0 Å². The quantitative estimate of drug-likeness (QED) is 0.914. The fraction of sp³-hybridized carbons (Fsp3) is 0.286. The highest BCUT2D eigenvalue weighted by atomic mass is 19.1. The zero-order valence-electron chi connectivity index (χ0n) is 11.9. The molecule has 0 saturated carbocycles. The molecule has 112 valence electrons. The maximum Gasteiger partial charge on any atom is 0.356 e. The number of methoxy groups -OCH3 is 2. The summed E-state index contributed by atoms with van der Waals surface area (Å²) in [6.07, 6.45) is 0. The fourth-order valence-electron chi connectivity index (χ4n) is 2.08. The molecule has 1 N–H and O–H groups in total. The Hall–Kier alpha value is -2.41. The summed E-state index contributed by atoms with van der Waals surface area (Å²) >= 11 is 0. The molecule has 0 unspecified atom stereocenters. The summed E-state index contributed by atoms with van der Waals surface area (Å²) in [6.45, 7) is 0.104. The number of aromatic nitrogens is 2. The number of aryl methyl sites for hydroxylation is 1. The molecule has 7 heteroatoms. The van der Waals surface area contributed by atoms with Gasteiger partial charge in [0.2, 0.25) is 0 Å². The van der Waals surface area contributed by atoms with E-state index in [1.807, 2.05) is 0 Å². The highest BCUT2D eigenvalue weighted by Gasteiger charge is 2.21. The van der Waals surface area contributed by atoms with E-state index in [1.165, 1.54) is 25.0 Å². The molecule has 2 aromatic rings. The Balaban J connectivity index is 2.66. The van der Waals surface area contributed by atoms with Gasteiger partial charge in [-0.2, -0.15) is 5.10 Å². The highest BCUT2D eigenvalue weighted by Crippen LogP contribution is 2.34. The number of benzene rings is 1. The molecule has 0 aliphatic rings. The summed E-state index contributed by atoms with van der Waals surface area (Å²) < 4.78 is 26.1. The van der Waals surface area contributed by atoms with Gasteiger partial charge in [0.1, 0.15) is 11.6 Å². The van der Waals surface area contributed by atoms with Crippen LogP contribution >= 0.6 is 0 Å². The smallest absolute Gasteiger partial charge is 0.356 e. The predicted octanol–water partition coefficient (Wildman–Crippen LogP) is 2.08. The molecule has 1 aromatic carbocycles. The van der Waals surface area contributed by atoms with Crippen molar-refractivity contribution in [1.29, 1.82) is 0 Å². The number of hydrogen-bond acceptors (Lipinski definition) is 4. The van der Waals surface area contributed by atoms with Crippen molar-refractivity contribution in [2.24, 2.45) is 7.05 Å². The Labute approximate surface area is 120 Å². The molecule has 0 aliphatic heterocycles. The third-order valence-corrected chi connectivity index (χ3v) is 3.06. The van der Waals surface area contributed by atoms with Crippen molar-refractivity contribution in [3.63, 3.8) is 0 Å². The molecule has 0 spiro atoms. The molecular weight excluding hydrogens is 279 g/mol. The lowest BCUT2D eigenvalue weighted by atomic mass is 10.1. The molecule has 0 fully saturated rings. The van der Waals surface area contributed by atoms with Crippen LogP contribution in [0.1, 0.15) is 16.1 Å². The maximum absolute atomic E-state index is 14.6. The van der Waals surface area contributed by atoms with Crippen LogP contribution in [-0.2, 0) is 18.4 Å². The van der Waals surface area contributed by atoms with Crippen LogP contribution in [0.4, 0.5) is 4.39 Å². The minimum atomic E-state index is -1.18. The standard InChI is InChI=1S/C14H15FN2O4/c1-17-10(6-9(16-17)14(18)19)12-11(21-3)5-4-8(7-20-2)13(12)15/h4-6H,7H2,1-3H3,(H,18,19). The molecule has 0 atom stereocenters. The van der Waals surface area contributed by atoms with E-state index in [0.29, 0.717) is 17.0 Å². The third kappa shape index (κ3) is 2.73. The third-order valence-electron chi connectivity index (χ3n) is 3.06. The number of rotatable bonds is 5. The number of halogens is 1. The first-order chi connectivity index (χ1) is 9.99. The Bertz CT molecular complexity index is 682. The van der Waals surface area contributed by atoms with Gasteiger partial charge in [-0.3, -0.25) is 4.68 Å². The van der Waals surface area contributed by atoms with Gasteiger partial charge in [-0.05, 0) is 12.1 Å². The summed E-state index contributed by atoms with van der Waals surface area (Å²) in [4.78, 5) is 11.0. The molecule has 2 rings (SSSR count). The summed E-state index contributed by atoms with van der Waals surface area (Å²) in [7, 11) is 4.43. The summed E-state index contributed by atoms with van der Waals surface area (Å²) in [6, 6.07) is 4.48. The molecule has 0 saturated heterocycles. The zero-order chi connectivity index (χ0) is 15.6. The van der Waals surface area contributed by atoms with E-state index in [2.05, 4.69) is 5.10 Å². The lowest BCUT2D eigenvalue weighted by Crippen LogP contribution is -2.02. The second kappa shape index (κ2) is 5.92. The van der Waals surface area contributed by atoms with E-state index in [9.17, 15) is 9.18 Å². The van der Waals surface area contributed by atoms with Crippen molar-refractivity contribution >= 4 is 5.97 Å². The second-order valence-electron chi connectivity index (χ2n) is 4.39. The number of carbonyl (C=O) groups is 1. The highest BCUT2D eigenvalue weighted by molar-refractivity contribution is 5.87. The van der Waals surface area contributed by atoms with Crippen LogP contribution in [0.5, 0.6) is 5.75 Å². The Morgan fingerprint density at radius 2 is 2.14 bits per heavy atom. The maximum atomic E-state index is 14.6. The second-order valence-corrected chi connectivity index (χ2v) is 4.39. The van der Waals surface area contributed by atoms with Crippen molar-refractivity contribution < 1.29 is 23.8 Å². The van der Waals surface area contributed by atoms with Crippen LogP contribution in [0.2, 0.25) is 0 Å². The van der Waals surface area contributed by atoms with Gasteiger partial charge >= 0.3 is 5.97 Å². The topological polar surface area (TPSA) is 73.6 Å². The number of nitrogens with zero attached hydrogens (tertiary/aromatic N) is 2. The van der Waals surface area contributed by atoms with Crippen LogP contribution in [0.25, 0.3) is 11.3 Å². The van der Waals surface area contributed by atoms with Gasteiger partial charge in [-0.1, -0.05) is 6.07 Å². The predicted molar refractivity (Wildman–Crippen MR) is 72.8 cm³/mol. The first-order valence-electron chi connectivity index (χ1n) is 6.11. The van der Waals surface area contributed by atoms with Crippen LogP contribution in [0, 0.1) is 5.82 Å². The number of aromatic carboxylic acids is 1. The first kappa shape index (κ1) is 15.0. The first-order valence-corrected chi connectivity index (χ1v) is 6.11. The summed E-state index contributed by atoms with van der Waals surface area (Å²) in [5, 5.41) is 12.8. The van der Waals surface area contributed by atoms with E-state index < -0.39 is 11.8 Å². The minimum absolute atomic E-state index is 0.104. The number of carboxylic acid groups (broad SMARTS) is 1. The molecule has 0 amide bonds. The van der Waals surface area contributed by atoms with E-state index in [4.69, 9.17) is 14.6 Å². The van der Waals surface area contributed by atoms with Gasteiger partial charge in [0.05, 0.1) is 25.0 Å². The van der Waals surface area contributed by atoms with E-state index in [-0.39, 0.29) is 17.9 Å². The molecule has 0 radical (unpaired) electrons. The van der Waals surface area contributed by atoms with Gasteiger partial charge in [-0.25, -0.2) is 9.18 Å². The molecule has 21 heavy (non-hydrogen) atoms. The summed E-state index contributed by atoms with van der Waals surface area (Å²) in [5.41, 5.74) is 0.673. The average molecular weight is 294 g/mol. The lowest BCUT2D eigenvalue weighted by molar-refractivity contribution is 0.0689. The van der Waals surface area contributed by atoms with Crippen LogP contribution in [0.3, 0.4) is 0 Å². The minimum Gasteiger partial charge on any atom is -0.496 e. The SMILES string of the molecule is COCc1ccc(OC)c(-c2cc(C(=O)O)nn2C)c1F. The average Bonchev–Trinajstić information content (AvgIpc) is 2.83.